The Hall–Kier alpha value is -0.490. The van der Waals surface area contributed by atoms with E-state index in [-0.39, 0.29) is 0 Å². The maximum Gasteiger partial charge on any atom is 0.107 e. The van der Waals surface area contributed by atoms with Crippen molar-refractivity contribution in [2.24, 2.45) is 0 Å². The van der Waals surface area contributed by atoms with Crippen LogP contribution in [0.5, 0.6) is 0 Å². The summed E-state index contributed by atoms with van der Waals surface area (Å²) in [7, 11) is 5.84. The van der Waals surface area contributed by atoms with E-state index in [0.29, 0.717) is 0 Å². The first-order valence-corrected chi connectivity index (χ1v) is 6.24. The fourth-order valence-electron chi connectivity index (χ4n) is 1.37. The average Bonchev–Trinajstić information content (AvgIpc) is 2.53. The van der Waals surface area contributed by atoms with Crippen molar-refractivity contribution in [2.45, 2.75) is 20.0 Å². The lowest BCUT2D eigenvalue weighted by Crippen LogP contribution is -2.18. The summed E-state index contributed by atoms with van der Waals surface area (Å²) in [5, 5.41) is 4.53. The Balaban J connectivity index is 2.43. The zero-order valence-corrected chi connectivity index (χ0v) is 11.4. The number of methoxy groups -OCH3 is 1. The number of thiazole rings is 1. The lowest BCUT2D eigenvalue weighted by molar-refractivity contribution is 0.199. The van der Waals surface area contributed by atoms with Gasteiger partial charge in [0.05, 0.1) is 12.3 Å². The van der Waals surface area contributed by atoms with Crippen molar-refractivity contribution in [1.82, 2.24) is 15.2 Å². The second kappa shape index (κ2) is 6.96. The van der Waals surface area contributed by atoms with Crippen LogP contribution < -0.4 is 5.32 Å². The largest absolute Gasteiger partial charge is 0.383 e. The van der Waals surface area contributed by atoms with Crippen LogP contribution in [0.15, 0.2) is 0 Å². The van der Waals surface area contributed by atoms with E-state index in [9.17, 15) is 0 Å². The molecule has 0 fully saturated rings. The molecule has 0 spiro atoms. The molecule has 0 radical (unpaired) electrons. The van der Waals surface area contributed by atoms with Gasteiger partial charge in [-0.05, 0) is 21.0 Å². The topological polar surface area (TPSA) is 37.4 Å². The van der Waals surface area contributed by atoms with Crippen molar-refractivity contribution in [3.05, 3.63) is 15.6 Å². The van der Waals surface area contributed by atoms with Crippen LogP contribution in [0.2, 0.25) is 0 Å². The van der Waals surface area contributed by atoms with Crippen LogP contribution in [0.25, 0.3) is 0 Å². The summed E-state index contributed by atoms with van der Waals surface area (Å²) in [5.41, 5.74) is 1.15. The summed E-state index contributed by atoms with van der Waals surface area (Å²) < 4.78 is 4.99. The molecule has 92 valence electrons. The number of hydrogen-bond donors (Lipinski definition) is 1. The highest BCUT2D eigenvalue weighted by molar-refractivity contribution is 7.11. The van der Waals surface area contributed by atoms with Crippen LogP contribution >= 0.6 is 11.3 Å². The number of aryl methyl sites for hydroxylation is 1. The molecule has 4 nitrogen and oxygen atoms in total. The number of nitrogens with one attached hydrogen (secondary N) is 1. The van der Waals surface area contributed by atoms with E-state index in [1.807, 2.05) is 0 Å². The van der Waals surface area contributed by atoms with Gasteiger partial charge < -0.3 is 15.0 Å². The molecular formula is C11H21N3OS. The van der Waals surface area contributed by atoms with Crippen LogP contribution in [-0.4, -0.2) is 44.2 Å². The summed E-state index contributed by atoms with van der Waals surface area (Å²) in [6.07, 6.45) is 0. The van der Waals surface area contributed by atoms with E-state index in [4.69, 9.17) is 4.74 Å². The predicted molar refractivity (Wildman–Crippen MR) is 67.8 cm³/mol. The molecule has 16 heavy (non-hydrogen) atoms. The zero-order valence-electron chi connectivity index (χ0n) is 10.5. The maximum atomic E-state index is 4.99. The minimum atomic E-state index is 0.752. The van der Waals surface area contributed by atoms with E-state index in [2.05, 4.69) is 36.2 Å². The number of ether oxygens (including phenoxy) is 1. The Labute approximate surface area is 102 Å². The second-order valence-electron chi connectivity index (χ2n) is 4.02. The minimum Gasteiger partial charge on any atom is -0.383 e. The van der Waals surface area contributed by atoms with Crippen molar-refractivity contribution >= 4 is 11.3 Å². The molecule has 1 aromatic heterocycles. The average molecular weight is 243 g/mol. The summed E-state index contributed by atoms with van der Waals surface area (Å²) in [5.74, 6) is 0. The fraction of sp³-hybridized carbons (Fsp3) is 0.727. The highest BCUT2D eigenvalue weighted by atomic mass is 32.1. The number of hydrogen-bond acceptors (Lipinski definition) is 5. The lowest BCUT2D eigenvalue weighted by Gasteiger charge is -2.05. The summed E-state index contributed by atoms with van der Waals surface area (Å²) >= 11 is 1.79. The van der Waals surface area contributed by atoms with Crippen molar-refractivity contribution in [3.63, 3.8) is 0 Å². The summed E-state index contributed by atoms with van der Waals surface area (Å²) in [4.78, 5) is 8.02. The molecule has 1 aromatic rings. The van der Waals surface area contributed by atoms with E-state index in [1.54, 1.807) is 18.4 Å². The number of rotatable bonds is 7. The van der Waals surface area contributed by atoms with Gasteiger partial charge in [0, 0.05) is 31.6 Å². The molecule has 0 aromatic carbocycles. The molecule has 0 atom stereocenters. The first kappa shape index (κ1) is 13.6. The molecule has 0 amide bonds. The third kappa shape index (κ3) is 4.57. The lowest BCUT2D eigenvalue weighted by atomic mass is 10.4. The van der Waals surface area contributed by atoms with E-state index >= 15 is 0 Å². The standard InChI is InChI=1S/C11H21N3OS/c1-9-10(7-12-5-6-15-4)16-11(13-9)8-14(2)3/h12H,5-8H2,1-4H3. The third-order valence-corrected chi connectivity index (χ3v) is 3.30. The highest BCUT2D eigenvalue weighted by Gasteiger charge is 2.07. The molecule has 0 unspecified atom stereocenters. The molecule has 0 aliphatic rings. The summed E-state index contributed by atoms with van der Waals surface area (Å²) in [6.45, 7) is 5.52. The smallest absolute Gasteiger partial charge is 0.107 e. The molecule has 0 saturated heterocycles. The second-order valence-corrected chi connectivity index (χ2v) is 5.19. The molecule has 1 heterocycles. The fourth-order valence-corrected chi connectivity index (χ4v) is 2.52. The van der Waals surface area contributed by atoms with E-state index in [1.165, 1.54) is 9.88 Å². The molecule has 0 saturated carbocycles. The Morgan fingerprint density at radius 2 is 2.19 bits per heavy atom. The van der Waals surface area contributed by atoms with Gasteiger partial charge in [-0.3, -0.25) is 0 Å². The van der Waals surface area contributed by atoms with Gasteiger partial charge in [-0.25, -0.2) is 4.98 Å². The first-order valence-electron chi connectivity index (χ1n) is 5.43. The van der Waals surface area contributed by atoms with Gasteiger partial charge in [-0.15, -0.1) is 11.3 Å². The van der Waals surface area contributed by atoms with Crippen LogP contribution in [0.1, 0.15) is 15.6 Å². The van der Waals surface area contributed by atoms with Crippen LogP contribution in [-0.2, 0) is 17.8 Å². The van der Waals surface area contributed by atoms with Gasteiger partial charge in [0.2, 0.25) is 0 Å². The molecule has 0 aliphatic heterocycles. The van der Waals surface area contributed by atoms with Crippen molar-refractivity contribution in [1.29, 1.82) is 0 Å². The van der Waals surface area contributed by atoms with Gasteiger partial charge in [0.1, 0.15) is 5.01 Å². The van der Waals surface area contributed by atoms with Crippen LogP contribution in [0.3, 0.4) is 0 Å². The Morgan fingerprint density at radius 1 is 1.44 bits per heavy atom. The molecular weight excluding hydrogens is 222 g/mol. The van der Waals surface area contributed by atoms with E-state index < -0.39 is 0 Å². The Morgan fingerprint density at radius 3 is 2.81 bits per heavy atom. The van der Waals surface area contributed by atoms with Crippen molar-refractivity contribution < 1.29 is 4.74 Å². The molecule has 1 rings (SSSR count). The van der Waals surface area contributed by atoms with Gasteiger partial charge in [0.15, 0.2) is 0 Å². The molecule has 0 aliphatic carbocycles. The zero-order chi connectivity index (χ0) is 12.0. The van der Waals surface area contributed by atoms with Crippen LogP contribution in [0, 0.1) is 6.92 Å². The van der Waals surface area contributed by atoms with Crippen LogP contribution in [0.4, 0.5) is 0 Å². The first-order chi connectivity index (χ1) is 7.63. The molecule has 1 N–H and O–H groups in total. The minimum absolute atomic E-state index is 0.752. The number of aromatic nitrogens is 1. The summed E-state index contributed by atoms with van der Waals surface area (Å²) in [6, 6.07) is 0. The Kier molecular flexibility index (Phi) is 5.90. The van der Waals surface area contributed by atoms with Crippen molar-refractivity contribution in [2.75, 3.05) is 34.4 Å². The molecule has 0 bridgehead atoms. The normalized spacial score (nSPS) is 11.3. The van der Waals surface area contributed by atoms with Gasteiger partial charge in [-0.2, -0.15) is 0 Å². The highest BCUT2D eigenvalue weighted by Crippen LogP contribution is 2.18. The van der Waals surface area contributed by atoms with E-state index in [0.717, 1.165) is 31.9 Å². The van der Waals surface area contributed by atoms with Crippen molar-refractivity contribution in [3.8, 4) is 0 Å². The maximum absolute atomic E-state index is 4.99. The number of nitrogens with zero attached hydrogens (tertiary/aromatic N) is 2. The van der Waals surface area contributed by atoms with Gasteiger partial charge in [-0.1, -0.05) is 0 Å². The quantitative estimate of drug-likeness (QED) is 0.731. The molecule has 5 heteroatoms. The third-order valence-electron chi connectivity index (χ3n) is 2.16. The predicted octanol–water partition coefficient (Wildman–Crippen LogP) is 1.25. The SMILES string of the molecule is COCCNCc1sc(CN(C)C)nc1C. The van der Waals surface area contributed by atoms with Gasteiger partial charge in [0.25, 0.3) is 0 Å². The van der Waals surface area contributed by atoms with Gasteiger partial charge >= 0.3 is 0 Å². The Bertz CT molecular complexity index is 312. The monoisotopic (exact) mass is 243 g/mol.